The van der Waals surface area contributed by atoms with Crippen LogP contribution in [0, 0.1) is 5.92 Å². The molecule has 156 valence electrons. The monoisotopic (exact) mass is 396 g/mol. The van der Waals surface area contributed by atoms with E-state index in [4.69, 9.17) is 23.7 Å². The molecule has 0 unspecified atom stereocenters. The maximum atomic E-state index is 11.5. The van der Waals surface area contributed by atoms with Gasteiger partial charge in [0.1, 0.15) is 25.4 Å². The average molecular weight is 396 g/mol. The summed E-state index contributed by atoms with van der Waals surface area (Å²) >= 11 is 0. The van der Waals surface area contributed by atoms with Crippen molar-refractivity contribution in [1.82, 2.24) is 0 Å². The van der Waals surface area contributed by atoms with Crippen molar-refractivity contribution in [2.75, 3.05) is 19.8 Å². The highest BCUT2D eigenvalue weighted by atomic mass is 16.7. The molecule has 0 spiro atoms. The van der Waals surface area contributed by atoms with Crippen molar-refractivity contribution < 1.29 is 38.1 Å². The molecule has 1 aliphatic heterocycles. The lowest BCUT2D eigenvalue weighted by atomic mass is 9.97. The van der Waals surface area contributed by atoms with E-state index in [1.54, 1.807) is 30.4 Å². The molecule has 0 aromatic heterocycles. The van der Waals surface area contributed by atoms with Crippen molar-refractivity contribution >= 4 is 17.9 Å². The van der Waals surface area contributed by atoms with Gasteiger partial charge in [-0.15, -0.1) is 0 Å². The summed E-state index contributed by atoms with van der Waals surface area (Å²) in [5, 5.41) is 0. The van der Waals surface area contributed by atoms with Crippen molar-refractivity contribution in [1.29, 1.82) is 0 Å². The average Bonchev–Trinajstić information content (AvgIpc) is 2.62. The fraction of sp³-hybridized carbons (Fsp3) is 0.550. The lowest BCUT2D eigenvalue weighted by Crippen LogP contribution is -2.42. The van der Waals surface area contributed by atoms with Gasteiger partial charge in [-0.1, -0.05) is 24.3 Å². The summed E-state index contributed by atoms with van der Waals surface area (Å²) in [4.78, 5) is 33.2. The third-order valence-electron chi connectivity index (χ3n) is 3.57. The normalized spacial score (nSPS) is 22.9. The number of allylic oxidation sites excluding steroid dienone is 2. The van der Waals surface area contributed by atoms with Gasteiger partial charge in [0.05, 0.1) is 5.92 Å². The Labute approximate surface area is 165 Å². The minimum Gasteiger partial charge on any atom is -0.463 e. The fourth-order valence-corrected chi connectivity index (χ4v) is 2.44. The van der Waals surface area contributed by atoms with E-state index in [-0.39, 0.29) is 25.1 Å². The third-order valence-corrected chi connectivity index (χ3v) is 3.57. The van der Waals surface area contributed by atoms with Crippen LogP contribution in [0.4, 0.5) is 0 Å². The summed E-state index contributed by atoms with van der Waals surface area (Å²) < 4.78 is 26.7. The van der Waals surface area contributed by atoms with Crippen LogP contribution in [-0.2, 0) is 38.1 Å². The van der Waals surface area contributed by atoms with Crippen molar-refractivity contribution in [2.45, 2.75) is 46.2 Å². The number of hydrogen-bond donors (Lipinski definition) is 0. The molecule has 0 saturated carbocycles. The Balaban J connectivity index is 2.84. The molecule has 1 heterocycles. The first-order valence-electron chi connectivity index (χ1n) is 9.06. The first-order valence-corrected chi connectivity index (χ1v) is 9.06. The van der Waals surface area contributed by atoms with Crippen LogP contribution in [0.25, 0.3) is 0 Å². The molecule has 0 aromatic carbocycles. The Morgan fingerprint density at radius 2 is 1.75 bits per heavy atom. The molecule has 0 aliphatic carbocycles. The third kappa shape index (κ3) is 9.48. The molecule has 0 bridgehead atoms. The van der Waals surface area contributed by atoms with Crippen LogP contribution < -0.4 is 0 Å². The van der Waals surface area contributed by atoms with Gasteiger partial charge in [-0.25, -0.2) is 0 Å². The Morgan fingerprint density at radius 1 is 1.04 bits per heavy atom. The van der Waals surface area contributed by atoms with E-state index >= 15 is 0 Å². The van der Waals surface area contributed by atoms with Gasteiger partial charge >= 0.3 is 17.9 Å². The van der Waals surface area contributed by atoms with Crippen LogP contribution >= 0.6 is 0 Å². The molecule has 1 aliphatic rings. The highest BCUT2D eigenvalue weighted by Crippen LogP contribution is 2.26. The number of rotatable bonds is 10. The minimum atomic E-state index is -0.672. The Hall–Kier alpha value is -2.45. The summed E-state index contributed by atoms with van der Waals surface area (Å²) in [7, 11) is 0. The van der Waals surface area contributed by atoms with Gasteiger partial charge in [-0.05, 0) is 19.1 Å². The first-order chi connectivity index (χ1) is 13.3. The highest BCUT2D eigenvalue weighted by molar-refractivity contribution is 5.66. The molecule has 8 nitrogen and oxygen atoms in total. The molecule has 8 heteroatoms. The first kappa shape index (κ1) is 23.6. The maximum absolute atomic E-state index is 11.5. The summed E-state index contributed by atoms with van der Waals surface area (Å²) in [5.74, 6) is -1.58. The molecule has 0 radical (unpaired) electrons. The molecule has 0 N–H and O–H groups in total. The summed E-state index contributed by atoms with van der Waals surface area (Å²) in [6, 6.07) is 0. The van der Waals surface area contributed by atoms with Crippen LogP contribution in [0.5, 0.6) is 0 Å². The van der Waals surface area contributed by atoms with Crippen LogP contribution in [0.3, 0.4) is 0 Å². The van der Waals surface area contributed by atoms with E-state index in [2.05, 4.69) is 0 Å². The predicted octanol–water partition coefficient (Wildman–Crippen LogP) is 2.09. The number of esters is 3. The summed E-state index contributed by atoms with van der Waals surface area (Å²) in [6.07, 6.45) is 8.58. The predicted molar refractivity (Wildman–Crippen MR) is 100 cm³/mol. The molecule has 28 heavy (non-hydrogen) atoms. The molecule has 0 saturated heterocycles. The van der Waals surface area contributed by atoms with E-state index in [1.165, 1.54) is 20.8 Å². The van der Waals surface area contributed by atoms with Crippen molar-refractivity contribution in [3.63, 3.8) is 0 Å². The number of hydrogen-bond acceptors (Lipinski definition) is 8. The van der Waals surface area contributed by atoms with Gasteiger partial charge in [0.25, 0.3) is 0 Å². The van der Waals surface area contributed by atoms with Gasteiger partial charge in [-0.2, -0.15) is 0 Å². The fourth-order valence-electron chi connectivity index (χ4n) is 2.44. The molecule has 1 rings (SSSR count). The Morgan fingerprint density at radius 3 is 2.36 bits per heavy atom. The molecular weight excluding hydrogens is 368 g/mol. The quantitative estimate of drug-likeness (QED) is 0.240. The number of ether oxygens (including phenoxy) is 5. The van der Waals surface area contributed by atoms with E-state index in [9.17, 15) is 14.4 Å². The SMILES string of the molecule is CCO[C@H]1O[C@H](COC(C)=O)C=C[C@@H]1[C@@H](/C=C\C=C\COC(C)=O)OC(C)=O. The zero-order valence-electron chi connectivity index (χ0n) is 16.7. The van der Waals surface area contributed by atoms with Crippen LogP contribution in [-0.4, -0.2) is 56.2 Å². The maximum Gasteiger partial charge on any atom is 0.303 e. The van der Waals surface area contributed by atoms with E-state index < -0.39 is 30.4 Å². The second-order valence-corrected chi connectivity index (χ2v) is 5.95. The van der Waals surface area contributed by atoms with Gasteiger partial charge < -0.3 is 23.7 Å². The van der Waals surface area contributed by atoms with Gasteiger partial charge in [0.15, 0.2) is 6.29 Å². The highest BCUT2D eigenvalue weighted by Gasteiger charge is 2.34. The van der Waals surface area contributed by atoms with Crippen molar-refractivity contribution in [2.24, 2.45) is 5.92 Å². The van der Waals surface area contributed by atoms with Gasteiger partial charge in [0.2, 0.25) is 0 Å². The Kier molecular flexibility index (Phi) is 10.8. The van der Waals surface area contributed by atoms with E-state index in [0.717, 1.165) is 0 Å². The van der Waals surface area contributed by atoms with Crippen molar-refractivity contribution in [3.05, 3.63) is 36.5 Å². The summed E-state index contributed by atoms with van der Waals surface area (Å²) in [6.45, 7) is 6.44. The largest absolute Gasteiger partial charge is 0.463 e. The van der Waals surface area contributed by atoms with E-state index in [1.807, 2.05) is 13.0 Å². The van der Waals surface area contributed by atoms with Crippen LogP contribution in [0.2, 0.25) is 0 Å². The lowest BCUT2D eigenvalue weighted by Gasteiger charge is -2.34. The smallest absolute Gasteiger partial charge is 0.303 e. The second kappa shape index (κ2) is 12.9. The zero-order chi connectivity index (χ0) is 20.9. The molecule has 0 aromatic rings. The summed E-state index contributed by atoms with van der Waals surface area (Å²) in [5.41, 5.74) is 0. The number of carbonyl (C=O) groups is 3. The Bertz CT molecular complexity index is 607. The topological polar surface area (TPSA) is 97.4 Å². The lowest BCUT2D eigenvalue weighted by molar-refractivity contribution is -0.208. The molecule has 0 amide bonds. The van der Waals surface area contributed by atoms with Crippen molar-refractivity contribution in [3.8, 4) is 0 Å². The standard InChI is InChI=1S/C20H28O8/c1-5-24-20-18(11-10-17(28-20)13-26-15(3)22)19(27-16(4)23)9-7-6-8-12-25-14(2)21/h6-11,17-20H,5,12-13H2,1-4H3/b8-6+,9-7-/t17-,18+,19+,20-/m0/s1. The van der Waals surface area contributed by atoms with Crippen LogP contribution in [0.1, 0.15) is 27.7 Å². The molecule has 0 fully saturated rings. The van der Waals surface area contributed by atoms with E-state index in [0.29, 0.717) is 6.61 Å². The minimum absolute atomic E-state index is 0.0785. The number of carbonyl (C=O) groups excluding carboxylic acids is 3. The van der Waals surface area contributed by atoms with Gasteiger partial charge in [0, 0.05) is 27.4 Å². The van der Waals surface area contributed by atoms with Gasteiger partial charge in [-0.3, -0.25) is 14.4 Å². The molecule has 4 atom stereocenters. The second-order valence-electron chi connectivity index (χ2n) is 5.95. The molecular formula is C20H28O8. The zero-order valence-corrected chi connectivity index (χ0v) is 16.7. The van der Waals surface area contributed by atoms with Crippen LogP contribution in [0.15, 0.2) is 36.5 Å².